The predicted octanol–water partition coefficient (Wildman–Crippen LogP) is 1.50. The Morgan fingerprint density at radius 3 is 2.60 bits per heavy atom. The number of hydrogen-bond donors (Lipinski definition) is 2. The molecular weight excluding hydrogens is 261 g/mol. The Balaban J connectivity index is 2.27. The monoisotopic (exact) mass is 279 g/mol. The van der Waals surface area contributed by atoms with Crippen molar-refractivity contribution >= 4 is 11.9 Å². The quantitative estimate of drug-likeness (QED) is 0.820. The van der Waals surface area contributed by atoms with Crippen molar-refractivity contribution in [3.63, 3.8) is 0 Å². The summed E-state index contributed by atoms with van der Waals surface area (Å²) in [6.07, 6.45) is 0.515. The highest BCUT2D eigenvalue weighted by molar-refractivity contribution is 6.06. The van der Waals surface area contributed by atoms with E-state index >= 15 is 0 Å². The summed E-state index contributed by atoms with van der Waals surface area (Å²) in [4.78, 5) is 25.3. The van der Waals surface area contributed by atoms with E-state index in [0.717, 1.165) is 4.90 Å². The number of halogens is 1. The number of benzene rings is 1. The third-order valence-corrected chi connectivity index (χ3v) is 3.77. The molecule has 0 saturated carbocycles. The normalized spacial score (nSPS) is 22.3. The molecule has 108 valence electrons. The second-order valence-corrected chi connectivity index (χ2v) is 5.12. The molecule has 1 heterocycles. The van der Waals surface area contributed by atoms with Gasteiger partial charge in [-0.2, -0.15) is 0 Å². The Morgan fingerprint density at radius 2 is 2.05 bits per heavy atom. The van der Waals surface area contributed by atoms with Crippen molar-refractivity contribution in [1.82, 2.24) is 10.2 Å². The zero-order chi connectivity index (χ0) is 14.9. The summed E-state index contributed by atoms with van der Waals surface area (Å²) >= 11 is 0. The van der Waals surface area contributed by atoms with Crippen LogP contribution < -0.4 is 11.1 Å². The lowest BCUT2D eigenvalue weighted by Crippen LogP contribution is -2.43. The molecule has 1 aromatic rings. The van der Waals surface area contributed by atoms with Gasteiger partial charge in [-0.3, -0.25) is 9.69 Å². The first kappa shape index (κ1) is 14.5. The second kappa shape index (κ2) is 5.20. The van der Waals surface area contributed by atoms with E-state index in [0.29, 0.717) is 17.5 Å². The average Bonchev–Trinajstić information content (AvgIpc) is 2.64. The lowest BCUT2D eigenvalue weighted by atomic mass is 9.99. The van der Waals surface area contributed by atoms with Crippen LogP contribution in [0.15, 0.2) is 18.2 Å². The molecule has 5 nitrogen and oxygen atoms in total. The molecule has 1 aromatic carbocycles. The van der Waals surface area contributed by atoms with Crippen LogP contribution in [0.1, 0.15) is 31.4 Å². The minimum absolute atomic E-state index is 0.104. The molecule has 1 saturated heterocycles. The molecule has 1 fully saturated rings. The zero-order valence-corrected chi connectivity index (χ0v) is 11.6. The largest absolute Gasteiger partial charge is 0.326 e. The van der Waals surface area contributed by atoms with Crippen molar-refractivity contribution in [3.05, 3.63) is 35.1 Å². The van der Waals surface area contributed by atoms with Crippen LogP contribution in [0, 0.1) is 5.82 Å². The maximum absolute atomic E-state index is 13.2. The molecule has 6 heteroatoms. The third-order valence-electron chi connectivity index (χ3n) is 3.77. The van der Waals surface area contributed by atoms with E-state index in [1.165, 1.54) is 12.1 Å². The minimum Gasteiger partial charge on any atom is -0.326 e. The Kier molecular flexibility index (Phi) is 3.76. The third kappa shape index (κ3) is 2.38. The smallest absolute Gasteiger partial charge is 0.325 e. The van der Waals surface area contributed by atoms with Crippen LogP contribution in [0.3, 0.4) is 0 Å². The first-order valence-electron chi connectivity index (χ1n) is 6.52. The number of imide groups is 1. The summed E-state index contributed by atoms with van der Waals surface area (Å²) in [5.74, 6) is -0.651. The number of carbonyl (C=O) groups excluding carboxylic acids is 2. The van der Waals surface area contributed by atoms with Gasteiger partial charge in [-0.05, 0) is 36.6 Å². The fraction of sp³-hybridized carbons (Fsp3) is 0.429. The van der Waals surface area contributed by atoms with E-state index in [9.17, 15) is 14.0 Å². The van der Waals surface area contributed by atoms with Gasteiger partial charge in [-0.15, -0.1) is 0 Å². The molecule has 0 aliphatic carbocycles. The summed E-state index contributed by atoms with van der Waals surface area (Å²) < 4.78 is 13.2. The van der Waals surface area contributed by atoms with E-state index in [1.54, 1.807) is 13.0 Å². The summed E-state index contributed by atoms with van der Waals surface area (Å²) in [5, 5.41) is 2.68. The van der Waals surface area contributed by atoms with Crippen LogP contribution in [-0.2, 0) is 17.9 Å². The van der Waals surface area contributed by atoms with Crippen LogP contribution in [0.5, 0.6) is 0 Å². The van der Waals surface area contributed by atoms with Gasteiger partial charge in [0.15, 0.2) is 0 Å². The standard InChI is InChI=1S/C14H18FN3O2/c1-3-14(2)12(19)18(13(20)17-14)8-9-4-5-11(15)6-10(9)7-16/h4-6H,3,7-8,16H2,1-2H3,(H,17,20). The van der Waals surface area contributed by atoms with Crippen molar-refractivity contribution in [1.29, 1.82) is 0 Å². The summed E-state index contributed by atoms with van der Waals surface area (Å²) in [6.45, 7) is 3.79. The molecule has 0 radical (unpaired) electrons. The van der Waals surface area contributed by atoms with Gasteiger partial charge in [0.1, 0.15) is 11.4 Å². The molecular formula is C14H18FN3O2. The van der Waals surface area contributed by atoms with E-state index in [4.69, 9.17) is 5.73 Å². The minimum atomic E-state index is -0.861. The zero-order valence-electron chi connectivity index (χ0n) is 11.6. The first-order valence-corrected chi connectivity index (χ1v) is 6.52. The van der Waals surface area contributed by atoms with E-state index < -0.39 is 11.6 Å². The Labute approximate surface area is 116 Å². The van der Waals surface area contributed by atoms with Gasteiger partial charge in [0.05, 0.1) is 6.54 Å². The van der Waals surface area contributed by atoms with Gasteiger partial charge < -0.3 is 11.1 Å². The van der Waals surface area contributed by atoms with Crippen molar-refractivity contribution in [2.75, 3.05) is 0 Å². The Morgan fingerprint density at radius 1 is 1.35 bits per heavy atom. The first-order chi connectivity index (χ1) is 9.41. The van der Waals surface area contributed by atoms with Crippen LogP contribution in [0.25, 0.3) is 0 Å². The number of amides is 3. The Bertz CT molecular complexity index is 561. The molecule has 1 aliphatic heterocycles. The highest BCUT2D eigenvalue weighted by Crippen LogP contribution is 2.23. The molecule has 2 rings (SSSR count). The number of nitrogens with two attached hydrogens (primary N) is 1. The van der Waals surface area contributed by atoms with E-state index in [2.05, 4.69) is 5.32 Å². The number of urea groups is 1. The van der Waals surface area contributed by atoms with Crippen LogP contribution >= 0.6 is 0 Å². The fourth-order valence-corrected chi connectivity index (χ4v) is 2.24. The van der Waals surface area contributed by atoms with Crippen LogP contribution in [0.4, 0.5) is 9.18 Å². The number of nitrogens with one attached hydrogen (secondary N) is 1. The van der Waals surface area contributed by atoms with Gasteiger partial charge in [0, 0.05) is 6.54 Å². The summed E-state index contributed by atoms with van der Waals surface area (Å²) in [6, 6.07) is 3.75. The van der Waals surface area contributed by atoms with Crippen LogP contribution in [-0.4, -0.2) is 22.4 Å². The van der Waals surface area contributed by atoms with Gasteiger partial charge in [-0.1, -0.05) is 13.0 Å². The maximum atomic E-state index is 13.2. The number of carbonyl (C=O) groups is 2. The molecule has 0 spiro atoms. The molecule has 0 aromatic heterocycles. The number of nitrogens with zero attached hydrogens (tertiary/aromatic N) is 1. The topological polar surface area (TPSA) is 75.4 Å². The van der Waals surface area contributed by atoms with Crippen molar-refractivity contribution in [3.8, 4) is 0 Å². The summed E-state index contributed by atoms with van der Waals surface area (Å²) in [7, 11) is 0. The predicted molar refractivity (Wildman–Crippen MR) is 72.1 cm³/mol. The molecule has 20 heavy (non-hydrogen) atoms. The highest BCUT2D eigenvalue weighted by atomic mass is 19.1. The van der Waals surface area contributed by atoms with E-state index in [-0.39, 0.29) is 24.8 Å². The lowest BCUT2D eigenvalue weighted by molar-refractivity contribution is -0.131. The average molecular weight is 279 g/mol. The van der Waals surface area contributed by atoms with Gasteiger partial charge in [0.25, 0.3) is 5.91 Å². The van der Waals surface area contributed by atoms with Gasteiger partial charge in [0.2, 0.25) is 0 Å². The van der Waals surface area contributed by atoms with Crippen molar-refractivity contribution in [2.45, 2.75) is 38.9 Å². The maximum Gasteiger partial charge on any atom is 0.325 e. The summed E-state index contributed by atoms with van der Waals surface area (Å²) in [5.41, 5.74) is 5.98. The molecule has 0 bridgehead atoms. The number of rotatable bonds is 4. The lowest BCUT2D eigenvalue weighted by Gasteiger charge is -2.20. The molecule has 1 atom stereocenters. The fourth-order valence-electron chi connectivity index (χ4n) is 2.24. The Hall–Kier alpha value is -1.95. The highest BCUT2D eigenvalue weighted by Gasteiger charge is 2.46. The molecule has 3 N–H and O–H groups in total. The molecule has 1 aliphatic rings. The second-order valence-electron chi connectivity index (χ2n) is 5.12. The van der Waals surface area contributed by atoms with Crippen molar-refractivity contribution in [2.24, 2.45) is 5.73 Å². The van der Waals surface area contributed by atoms with Gasteiger partial charge >= 0.3 is 6.03 Å². The SMILES string of the molecule is CCC1(C)NC(=O)N(Cc2ccc(F)cc2CN)C1=O. The van der Waals surface area contributed by atoms with Crippen LogP contribution in [0.2, 0.25) is 0 Å². The number of hydrogen-bond acceptors (Lipinski definition) is 3. The molecule has 1 unspecified atom stereocenters. The van der Waals surface area contributed by atoms with E-state index in [1.807, 2.05) is 6.92 Å². The van der Waals surface area contributed by atoms with Gasteiger partial charge in [-0.25, -0.2) is 9.18 Å². The molecule has 3 amide bonds. The van der Waals surface area contributed by atoms with Crippen molar-refractivity contribution < 1.29 is 14.0 Å².